The third-order valence-corrected chi connectivity index (χ3v) is 5.09. The number of anilines is 1. The molecule has 24 heavy (non-hydrogen) atoms. The highest BCUT2D eigenvalue weighted by atomic mass is 79.9. The molecule has 0 spiro atoms. The van der Waals surface area contributed by atoms with Crippen LogP contribution in [0.25, 0.3) is 0 Å². The number of hydrogen-bond acceptors (Lipinski definition) is 4. The Morgan fingerprint density at radius 2 is 1.46 bits per heavy atom. The van der Waals surface area contributed by atoms with Crippen molar-refractivity contribution in [3.63, 3.8) is 0 Å². The van der Waals surface area contributed by atoms with E-state index in [0.29, 0.717) is 11.4 Å². The molecule has 5 nitrogen and oxygen atoms in total. The Hall–Kier alpha value is -1.99. The number of hydrogen-bond donors (Lipinski definition) is 0. The average molecular weight is 450 g/mol. The van der Waals surface area contributed by atoms with Gasteiger partial charge in [-0.05, 0) is 36.4 Å². The van der Waals surface area contributed by atoms with E-state index in [2.05, 4.69) is 37.0 Å². The van der Waals surface area contributed by atoms with Gasteiger partial charge in [-0.3, -0.25) is 9.59 Å². The van der Waals surface area contributed by atoms with Crippen LogP contribution in [0, 0.1) is 5.92 Å². The number of rotatable bonds is 2. The minimum atomic E-state index is -0.889. The first-order valence-corrected chi connectivity index (χ1v) is 8.78. The molecule has 2 atom stereocenters. The molecule has 7 heteroatoms. The number of carbonyl (C=O) groups is 2. The zero-order chi connectivity index (χ0) is 16.8. The minimum absolute atomic E-state index is 0.313. The first kappa shape index (κ1) is 15.5. The summed E-state index contributed by atoms with van der Waals surface area (Å²) in [6.45, 7) is 0. The lowest BCUT2D eigenvalue weighted by Crippen LogP contribution is -2.33. The highest BCUT2D eigenvalue weighted by molar-refractivity contribution is 9.10. The second-order valence-corrected chi connectivity index (χ2v) is 7.31. The molecular formula is C17H10Br2N2O3. The summed E-state index contributed by atoms with van der Waals surface area (Å²) in [5, 5.41) is 3.99. The lowest BCUT2D eigenvalue weighted by Gasteiger charge is -2.15. The van der Waals surface area contributed by atoms with Crippen LogP contribution in [0.4, 0.5) is 5.69 Å². The first-order valence-electron chi connectivity index (χ1n) is 7.19. The van der Waals surface area contributed by atoms with Crippen LogP contribution in [0.3, 0.4) is 0 Å². The quantitative estimate of drug-likeness (QED) is 0.659. The van der Waals surface area contributed by atoms with E-state index in [1.54, 1.807) is 24.3 Å². The summed E-state index contributed by atoms with van der Waals surface area (Å²) in [5.74, 6) is -1.41. The van der Waals surface area contributed by atoms with Crippen LogP contribution in [0.1, 0.15) is 5.56 Å². The van der Waals surface area contributed by atoms with Gasteiger partial charge in [0.25, 0.3) is 5.91 Å². The minimum Gasteiger partial charge on any atom is -0.381 e. The molecule has 0 radical (unpaired) electrons. The van der Waals surface area contributed by atoms with Crippen molar-refractivity contribution < 1.29 is 14.4 Å². The molecule has 1 saturated heterocycles. The number of amides is 2. The van der Waals surface area contributed by atoms with Gasteiger partial charge < -0.3 is 4.84 Å². The Kier molecular flexibility index (Phi) is 3.77. The van der Waals surface area contributed by atoms with E-state index >= 15 is 0 Å². The zero-order valence-corrected chi connectivity index (χ0v) is 15.3. The second kappa shape index (κ2) is 5.82. The fourth-order valence-electron chi connectivity index (χ4n) is 2.88. The molecule has 2 aromatic rings. The van der Waals surface area contributed by atoms with Crippen molar-refractivity contribution >= 4 is 55.1 Å². The van der Waals surface area contributed by atoms with Crippen molar-refractivity contribution in [2.75, 3.05) is 4.90 Å². The second-order valence-electron chi connectivity index (χ2n) is 5.48. The molecule has 1 fully saturated rings. The Labute approximate surface area is 154 Å². The first-order chi connectivity index (χ1) is 11.6. The summed E-state index contributed by atoms with van der Waals surface area (Å²) in [7, 11) is 0. The molecule has 2 aliphatic rings. The maximum Gasteiger partial charge on any atom is 0.278 e. The number of imide groups is 1. The Morgan fingerprint density at radius 3 is 2.08 bits per heavy atom. The number of benzene rings is 2. The molecular weight excluding hydrogens is 440 g/mol. The summed E-state index contributed by atoms with van der Waals surface area (Å²) >= 11 is 6.72. The monoisotopic (exact) mass is 448 g/mol. The standard InChI is InChI=1S/C17H10Br2N2O3/c18-10-3-1-9(2-4-10)14-13-15(24-20-14)17(23)21(16(13)22)12-7-5-11(19)6-8-12/h1-8,13,15H/t13-,15+/m1/s1. The van der Waals surface area contributed by atoms with Crippen molar-refractivity contribution in [3.05, 3.63) is 63.0 Å². The average Bonchev–Trinajstić information content (AvgIpc) is 3.11. The number of fused-ring (bicyclic) bond motifs is 1. The molecule has 2 aliphatic heterocycles. The number of halogens is 2. The van der Waals surface area contributed by atoms with Gasteiger partial charge in [0.05, 0.1) is 5.69 Å². The Balaban J connectivity index is 1.69. The van der Waals surface area contributed by atoms with Crippen LogP contribution in [-0.4, -0.2) is 23.6 Å². The fraction of sp³-hybridized carbons (Fsp3) is 0.118. The van der Waals surface area contributed by atoms with Gasteiger partial charge >= 0.3 is 0 Å². The topological polar surface area (TPSA) is 59.0 Å². The normalized spacial score (nSPS) is 22.4. The van der Waals surface area contributed by atoms with Crippen molar-refractivity contribution in [3.8, 4) is 0 Å². The molecule has 2 heterocycles. The largest absolute Gasteiger partial charge is 0.381 e. The molecule has 0 bridgehead atoms. The number of nitrogens with zero attached hydrogens (tertiary/aromatic N) is 2. The van der Waals surface area contributed by atoms with Crippen LogP contribution >= 0.6 is 31.9 Å². The van der Waals surface area contributed by atoms with Crippen molar-refractivity contribution in [2.45, 2.75) is 6.10 Å². The van der Waals surface area contributed by atoms with Crippen molar-refractivity contribution in [1.82, 2.24) is 0 Å². The van der Waals surface area contributed by atoms with Crippen LogP contribution < -0.4 is 4.90 Å². The van der Waals surface area contributed by atoms with E-state index in [4.69, 9.17) is 4.84 Å². The summed E-state index contributed by atoms with van der Waals surface area (Å²) in [4.78, 5) is 31.9. The third-order valence-electron chi connectivity index (χ3n) is 4.04. The van der Waals surface area contributed by atoms with E-state index in [-0.39, 0.29) is 11.8 Å². The van der Waals surface area contributed by atoms with Gasteiger partial charge in [0.1, 0.15) is 11.6 Å². The van der Waals surface area contributed by atoms with Gasteiger partial charge in [-0.15, -0.1) is 0 Å². The molecule has 2 amide bonds. The SMILES string of the molecule is O=C1[C@@H]2C(c3ccc(Br)cc3)=NO[C@@H]2C(=O)N1c1ccc(Br)cc1. The highest BCUT2D eigenvalue weighted by Crippen LogP contribution is 2.35. The summed E-state index contributed by atoms with van der Waals surface area (Å²) in [6.07, 6.45) is -0.889. The molecule has 0 unspecified atom stereocenters. The lowest BCUT2D eigenvalue weighted by molar-refractivity contribution is -0.126. The van der Waals surface area contributed by atoms with E-state index in [9.17, 15) is 9.59 Å². The van der Waals surface area contributed by atoms with Crippen LogP contribution in [-0.2, 0) is 14.4 Å². The number of oxime groups is 1. The summed E-state index contributed by atoms with van der Waals surface area (Å²) in [6, 6.07) is 14.4. The van der Waals surface area contributed by atoms with Gasteiger partial charge in [-0.2, -0.15) is 0 Å². The number of carbonyl (C=O) groups excluding carboxylic acids is 2. The van der Waals surface area contributed by atoms with E-state index in [0.717, 1.165) is 14.5 Å². The van der Waals surface area contributed by atoms with Crippen molar-refractivity contribution in [1.29, 1.82) is 0 Å². The predicted molar refractivity (Wildman–Crippen MR) is 95.7 cm³/mol. The van der Waals surface area contributed by atoms with Gasteiger partial charge in [0.2, 0.25) is 12.0 Å². The molecule has 0 N–H and O–H groups in total. The Morgan fingerprint density at radius 1 is 0.875 bits per heavy atom. The molecule has 0 aliphatic carbocycles. The van der Waals surface area contributed by atoms with E-state index in [1.165, 1.54) is 4.90 Å². The van der Waals surface area contributed by atoms with Crippen LogP contribution in [0.2, 0.25) is 0 Å². The summed E-state index contributed by atoms with van der Waals surface area (Å²) in [5.41, 5.74) is 1.79. The van der Waals surface area contributed by atoms with Gasteiger partial charge in [-0.1, -0.05) is 49.1 Å². The van der Waals surface area contributed by atoms with Crippen LogP contribution in [0.15, 0.2) is 62.6 Å². The Bertz CT molecular complexity index is 862. The molecule has 4 rings (SSSR count). The maximum absolute atomic E-state index is 12.9. The summed E-state index contributed by atoms with van der Waals surface area (Å²) < 4.78 is 1.80. The molecule has 0 aromatic heterocycles. The van der Waals surface area contributed by atoms with E-state index in [1.807, 2.05) is 24.3 Å². The van der Waals surface area contributed by atoms with Crippen molar-refractivity contribution in [2.24, 2.45) is 11.1 Å². The molecule has 2 aromatic carbocycles. The third kappa shape index (κ3) is 2.39. The fourth-order valence-corrected chi connectivity index (χ4v) is 3.41. The van der Waals surface area contributed by atoms with Gasteiger partial charge in [0, 0.05) is 14.5 Å². The lowest BCUT2D eigenvalue weighted by atomic mass is 9.94. The van der Waals surface area contributed by atoms with E-state index < -0.39 is 12.0 Å². The molecule has 0 saturated carbocycles. The van der Waals surface area contributed by atoms with Crippen LogP contribution in [0.5, 0.6) is 0 Å². The van der Waals surface area contributed by atoms with Gasteiger partial charge in [-0.25, -0.2) is 4.90 Å². The highest BCUT2D eigenvalue weighted by Gasteiger charge is 2.56. The maximum atomic E-state index is 12.9. The van der Waals surface area contributed by atoms with Gasteiger partial charge in [0.15, 0.2) is 0 Å². The predicted octanol–water partition coefficient (Wildman–Crippen LogP) is 3.50. The zero-order valence-electron chi connectivity index (χ0n) is 12.1. The smallest absolute Gasteiger partial charge is 0.278 e. The molecule has 120 valence electrons.